The Kier molecular flexibility index (Phi) is 4.98. The zero-order valence-corrected chi connectivity index (χ0v) is 16.4. The fourth-order valence-corrected chi connectivity index (χ4v) is 4.90. The van der Waals surface area contributed by atoms with Gasteiger partial charge in [-0.2, -0.15) is 0 Å². The van der Waals surface area contributed by atoms with Crippen molar-refractivity contribution in [2.24, 2.45) is 0 Å². The van der Waals surface area contributed by atoms with Crippen molar-refractivity contribution >= 4 is 27.3 Å². The van der Waals surface area contributed by atoms with Crippen LogP contribution in [0.25, 0.3) is 11.1 Å². The number of nitrogens with zero attached hydrogens (tertiary/aromatic N) is 1. The Balaban J connectivity index is 1.55. The predicted molar refractivity (Wildman–Crippen MR) is 114 cm³/mol. The summed E-state index contributed by atoms with van der Waals surface area (Å²) in [6, 6.07) is 21.4. The fraction of sp³-hybridized carbons (Fsp3) is 0.136. The van der Waals surface area contributed by atoms with Crippen molar-refractivity contribution in [2.45, 2.75) is 6.42 Å². The molecule has 2 N–H and O–H groups in total. The van der Waals surface area contributed by atoms with Crippen LogP contribution in [0.3, 0.4) is 0 Å². The highest BCUT2D eigenvalue weighted by Gasteiger charge is 2.29. The molecule has 1 saturated heterocycles. The Morgan fingerprint density at radius 3 is 2.28 bits per heavy atom. The van der Waals surface area contributed by atoms with E-state index >= 15 is 0 Å². The largest absolute Gasteiger partial charge is 0.506 e. The van der Waals surface area contributed by atoms with Gasteiger partial charge in [-0.05, 0) is 47.9 Å². The van der Waals surface area contributed by atoms with Crippen molar-refractivity contribution in [1.29, 1.82) is 0 Å². The van der Waals surface area contributed by atoms with Gasteiger partial charge >= 0.3 is 0 Å². The van der Waals surface area contributed by atoms with Gasteiger partial charge < -0.3 is 10.4 Å². The Hall–Kier alpha value is -3.32. The van der Waals surface area contributed by atoms with E-state index in [0.717, 1.165) is 11.1 Å². The molecule has 1 fully saturated rings. The Labute approximate surface area is 169 Å². The normalized spacial score (nSPS) is 15.2. The summed E-state index contributed by atoms with van der Waals surface area (Å²) in [5.74, 6) is -0.412. The van der Waals surface area contributed by atoms with Crippen LogP contribution in [0.5, 0.6) is 5.75 Å². The second kappa shape index (κ2) is 7.60. The lowest BCUT2D eigenvalue weighted by Crippen LogP contribution is -2.25. The molecule has 1 aliphatic heterocycles. The van der Waals surface area contributed by atoms with Crippen molar-refractivity contribution in [3.8, 4) is 16.9 Å². The molecule has 0 unspecified atom stereocenters. The zero-order chi connectivity index (χ0) is 20.4. The van der Waals surface area contributed by atoms with E-state index in [0.29, 0.717) is 24.2 Å². The minimum atomic E-state index is -3.34. The summed E-state index contributed by atoms with van der Waals surface area (Å²) < 4.78 is 25.6. The molecular formula is C22H20N2O4S. The van der Waals surface area contributed by atoms with Gasteiger partial charge in [0, 0.05) is 12.1 Å². The molecule has 0 saturated carbocycles. The SMILES string of the molecule is O=C(Nc1cc(N2CCCS2(=O)=O)ccc1O)c1ccc(-c2ccccc2)cc1. The number of carbonyl (C=O) groups excluding carboxylic acids is 1. The summed E-state index contributed by atoms with van der Waals surface area (Å²) >= 11 is 0. The van der Waals surface area contributed by atoms with Crippen molar-refractivity contribution in [2.75, 3.05) is 21.9 Å². The van der Waals surface area contributed by atoms with Gasteiger partial charge in [0.05, 0.1) is 17.1 Å². The van der Waals surface area contributed by atoms with E-state index in [9.17, 15) is 18.3 Å². The van der Waals surface area contributed by atoms with Crippen LogP contribution in [-0.4, -0.2) is 31.7 Å². The Morgan fingerprint density at radius 2 is 1.62 bits per heavy atom. The molecule has 0 bridgehead atoms. The molecule has 1 amide bonds. The molecule has 0 atom stereocenters. The topological polar surface area (TPSA) is 86.7 Å². The molecule has 0 aromatic heterocycles. The van der Waals surface area contributed by atoms with Gasteiger partial charge in [0.25, 0.3) is 5.91 Å². The average Bonchev–Trinajstić information content (AvgIpc) is 3.09. The number of hydrogen-bond donors (Lipinski definition) is 2. The maximum absolute atomic E-state index is 12.6. The summed E-state index contributed by atoms with van der Waals surface area (Å²) in [7, 11) is -3.34. The fourth-order valence-electron chi connectivity index (χ4n) is 3.35. The number of rotatable bonds is 4. The van der Waals surface area contributed by atoms with Crippen molar-refractivity contribution < 1.29 is 18.3 Å². The minimum absolute atomic E-state index is 0.101. The van der Waals surface area contributed by atoms with Crippen LogP contribution in [0.2, 0.25) is 0 Å². The number of nitrogens with one attached hydrogen (secondary N) is 1. The molecule has 29 heavy (non-hydrogen) atoms. The van der Waals surface area contributed by atoms with E-state index in [1.165, 1.54) is 22.5 Å². The maximum atomic E-state index is 12.6. The van der Waals surface area contributed by atoms with Crippen molar-refractivity contribution in [3.63, 3.8) is 0 Å². The number of sulfonamides is 1. The molecule has 1 heterocycles. The van der Waals surface area contributed by atoms with Crippen LogP contribution in [0.4, 0.5) is 11.4 Å². The third-order valence-corrected chi connectivity index (χ3v) is 6.74. The molecule has 7 heteroatoms. The van der Waals surface area contributed by atoms with Gasteiger partial charge in [-0.15, -0.1) is 0 Å². The Morgan fingerprint density at radius 1 is 0.931 bits per heavy atom. The van der Waals surface area contributed by atoms with Crippen molar-refractivity contribution in [1.82, 2.24) is 0 Å². The summed E-state index contributed by atoms with van der Waals surface area (Å²) in [6.07, 6.45) is 0.554. The van der Waals surface area contributed by atoms with Gasteiger partial charge in [0.1, 0.15) is 5.75 Å². The van der Waals surface area contributed by atoms with Gasteiger partial charge in [-0.25, -0.2) is 8.42 Å². The first kappa shape index (κ1) is 19.0. The molecule has 0 radical (unpaired) electrons. The molecule has 0 aliphatic carbocycles. The molecule has 148 valence electrons. The number of benzene rings is 3. The van der Waals surface area contributed by atoms with Crippen LogP contribution in [0, 0.1) is 0 Å². The first-order valence-electron chi connectivity index (χ1n) is 9.24. The zero-order valence-electron chi connectivity index (χ0n) is 15.6. The van der Waals surface area contributed by atoms with Crippen LogP contribution >= 0.6 is 0 Å². The highest BCUT2D eigenvalue weighted by Crippen LogP contribution is 2.32. The van der Waals surface area contributed by atoms with E-state index in [1.807, 2.05) is 42.5 Å². The van der Waals surface area contributed by atoms with E-state index in [2.05, 4.69) is 5.32 Å². The van der Waals surface area contributed by atoms with E-state index in [1.54, 1.807) is 12.1 Å². The number of amides is 1. The molecule has 3 aromatic rings. The number of phenolic OH excluding ortho intramolecular Hbond substituents is 1. The van der Waals surface area contributed by atoms with Crippen LogP contribution in [0.15, 0.2) is 72.8 Å². The highest BCUT2D eigenvalue weighted by atomic mass is 32.2. The molecule has 4 rings (SSSR count). The molecular weight excluding hydrogens is 388 g/mol. The third kappa shape index (κ3) is 3.95. The monoisotopic (exact) mass is 408 g/mol. The van der Waals surface area contributed by atoms with E-state index < -0.39 is 10.0 Å². The second-order valence-corrected chi connectivity index (χ2v) is 8.85. The van der Waals surface area contributed by atoms with Crippen LogP contribution in [0.1, 0.15) is 16.8 Å². The summed E-state index contributed by atoms with van der Waals surface area (Å²) in [5, 5.41) is 12.8. The van der Waals surface area contributed by atoms with Gasteiger partial charge in [0.15, 0.2) is 0 Å². The van der Waals surface area contributed by atoms with Gasteiger partial charge in [-0.1, -0.05) is 42.5 Å². The molecule has 3 aromatic carbocycles. The number of hydrogen-bond acceptors (Lipinski definition) is 4. The summed E-state index contributed by atoms with van der Waals surface area (Å²) in [4.78, 5) is 12.6. The first-order chi connectivity index (χ1) is 13.9. The second-order valence-electron chi connectivity index (χ2n) is 6.84. The predicted octanol–water partition coefficient (Wildman–Crippen LogP) is 3.85. The average molecular weight is 408 g/mol. The molecule has 1 aliphatic rings. The van der Waals surface area contributed by atoms with E-state index in [4.69, 9.17) is 0 Å². The lowest BCUT2D eigenvalue weighted by Gasteiger charge is -2.18. The van der Waals surface area contributed by atoms with Crippen molar-refractivity contribution in [3.05, 3.63) is 78.4 Å². The number of anilines is 2. The third-order valence-electron chi connectivity index (χ3n) is 4.87. The van der Waals surface area contributed by atoms with Crippen LogP contribution < -0.4 is 9.62 Å². The minimum Gasteiger partial charge on any atom is -0.506 e. The molecule has 0 spiro atoms. The smallest absolute Gasteiger partial charge is 0.255 e. The number of aromatic hydroxyl groups is 1. The summed E-state index contributed by atoms with van der Waals surface area (Å²) in [6.45, 7) is 0.390. The van der Waals surface area contributed by atoms with Gasteiger partial charge in [0.2, 0.25) is 10.0 Å². The first-order valence-corrected chi connectivity index (χ1v) is 10.9. The summed E-state index contributed by atoms with van der Waals surface area (Å²) in [5.41, 5.74) is 3.07. The lowest BCUT2D eigenvalue weighted by atomic mass is 10.0. The maximum Gasteiger partial charge on any atom is 0.255 e. The molecule has 6 nitrogen and oxygen atoms in total. The number of phenols is 1. The highest BCUT2D eigenvalue weighted by molar-refractivity contribution is 7.93. The lowest BCUT2D eigenvalue weighted by molar-refractivity contribution is 0.102. The standard InChI is InChI=1S/C22H20N2O4S/c25-21-12-11-19(24-13-4-14-29(24,27)28)15-20(21)23-22(26)18-9-7-17(8-10-18)16-5-2-1-3-6-16/h1-3,5-12,15,25H,4,13-14H2,(H,23,26). The Bertz CT molecular complexity index is 1140. The van der Waals surface area contributed by atoms with E-state index in [-0.39, 0.29) is 23.1 Å². The van der Waals surface area contributed by atoms with Gasteiger partial charge in [-0.3, -0.25) is 9.10 Å². The van der Waals surface area contributed by atoms with Crippen LogP contribution in [-0.2, 0) is 10.0 Å². The quantitative estimate of drug-likeness (QED) is 0.642. The number of carbonyl (C=O) groups is 1.